The van der Waals surface area contributed by atoms with Gasteiger partial charge in [-0.3, -0.25) is 0 Å². The molecule has 0 bridgehead atoms. The molecule has 2 aromatic heterocycles. The summed E-state index contributed by atoms with van der Waals surface area (Å²) in [5.41, 5.74) is 3.10. The zero-order chi connectivity index (χ0) is 13.4. The Balaban J connectivity index is 0.000000528. The van der Waals surface area contributed by atoms with Crippen molar-refractivity contribution in [1.82, 2.24) is 14.6 Å². The van der Waals surface area contributed by atoms with Gasteiger partial charge in [0.2, 0.25) is 0 Å². The van der Waals surface area contributed by atoms with Gasteiger partial charge in [-0.25, -0.2) is 9.50 Å². The standard InChI is InChI=1S/C13H15N3O.C2H6/c1-8-7-14-12-6-11(17-10-4-5-10)13(9-2-3-9)15-16(8)12;1-2/h6-7,9-10H,2-5H2,1H3;1-2H3. The maximum absolute atomic E-state index is 5.96. The molecule has 2 saturated carbocycles. The van der Waals surface area contributed by atoms with E-state index in [0.717, 1.165) is 22.8 Å². The number of ether oxygens (including phenoxy) is 1. The van der Waals surface area contributed by atoms with Crippen molar-refractivity contribution < 1.29 is 4.74 Å². The molecular formula is C15H21N3O. The van der Waals surface area contributed by atoms with Crippen molar-refractivity contribution in [2.45, 2.75) is 58.5 Å². The Morgan fingerprint density at radius 2 is 1.95 bits per heavy atom. The van der Waals surface area contributed by atoms with E-state index >= 15 is 0 Å². The van der Waals surface area contributed by atoms with Crippen LogP contribution in [0.15, 0.2) is 12.3 Å². The highest BCUT2D eigenvalue weighted by Crippen LogP contribution is 2.44. The minimum atomic E-state index is 0.424. The third kappa shape index (κ3) is 2.44. The summed E-state index contributed by atoms with van der Waals surface area (Å²) in [6.07, 6.45) is 7.14. The molecule has 0 N–H and O–H groups in total. The molecule has 0 aliphatic heterocycles. The van der Waals surface area contributed by atoms with Crippen molar-refractivity contribution in [3.05, 3.63) is 23.7 Å². The molecule has 2 aliphatic carbocycles. The van der Waals surface area contributed by atoms with Crippen LogP contribution in [0.1, 0.15) is 56.8 Å². The van der Waals surface area contributed by atoms with Gasteiger partial charge in [0.05, 0.1) is 18.0 Å². The van der Waals surface area contributed by atoms with E-state index in [1.165, 1.54) is 25.7 Å². The van der Waals surface area contributed by atoms with Crippen LogP contribution in [0.3, 0.4) is 0 Å². The van der Waals surface area contributed by atoms with Crippen LogP contribution in [-0.2, 0) is 0 Å². The van der Waals surface area contributed by atoms with Crippen LogP contribution in [0.25, 0.3) is 5.65 Å². The highest BCUT2D eigenvalue weighted by atomic mass is 16.5. The fraction of sp³-hybridized carbons (Fsp3) is 0.600. The molecule has 4 rings (SSSR count). The number of aromatic nitrogens is 3. The number of hydrogen-bond donors (Lipinski definition) is 0. The summed E-state index contributed by atoms with van der Waals surface area (Å²) in [5.74, 6) is 1.57. The Morgan fingerprint density at radius 3 is 2.58 bits per heavy atom. The van der Waals surface area contributed by atoms with Crippen LogP contribution in [0, 0.1) is 6.92 Å². The summed E-state index contributed by atoms with van der Waals surface area (Å²) in [5, 5.41) is 4.71. The number of aryl methyl sites for hydroxylation is 1. The van der Waals surface area contributed by atoms with E-state index in [0.29, 0.717) is 12.0 Å². The Morgan fingerprint density at radius 1 is 1.21 bits per heavy atom. The molecule has 0 unspecified atom stereocenters. The van der Waals surface area contributed by atoms with Crippen LogP contribution in [0.2, 0.25) is 0 Å². The zero-order valence-electron chi connectivity index (χ0n) is 11.9. The topological polar surface area (TPSA) is 39.4 Å². The average Bonchev–Trinajstić information content (AvgIpc) is 3.33. The summed E-state index contributed by atoms with van der Waals surface area (Å²) in [6.45, 7) is 6.03. The summed E-state index contributed by atoms with van der Waals surface area (Å²) in [7, 11) is 0. The van der Waals surface area contributed by atoms with Gasteiger partial charge in [-0.2, -0.15) is 5.10 Å². The molecule has 2 aromatic rings. The van der Waals surface area contributed by atoms with Gasteiger partial charge in [0, 0.05) is 12.0 Å². The van der Waals surface area contributed by atoms with Crippen LogP contribution in [-0.4, -0.2) is 20.7 Å². The van der Waals surface area contributed by atoms with Gasteiger partial charge in [-0.15, -0.1) is 0 Å². The van der Waals surface area contributed by atoms with Crippen LogP contribution >= 0.6 is 0 Å². The third-order valence-electron chi connectivity index (χ3n) is 3.44. The predicted octanol–water partition coefficient (Wildman–Crippen LogP) is 3.48. The zero-order valence-corrected chi connectivity index (χ0v) is 11.9. The lowest BCUT2D eigenvalue weighted by Crippen LogP contribution is -2.05. The number of rotatable bonds is 3. The van der Waals surface area contributed by atoms with Crippen molar-refractivity contribution in [2.24, 2.45) is 0 Å². The maximum Gasteiger partial charge on any atom is 0.157 e. The van der Waals surface area contributed by atoms with Crippen molar-refractivity contribution >= 4 is 5.65 Å². The van der Waals surface area contributed by atoms with E-state index in [2.05, 4.69) is 4.98 Å². The molecule has 0 radical (unpaired) electrons. The first-order valence-electron chi connectivity index (χ1n) is 7.33. The quantitative estimate of drug-likeness (QED) is 0.847. The molecule has 19 heavy (non-hydrogen) atoms. The fourth-order valence-electron chi connectivity index (χ4n) is 2.13. The Labute approximate surface area is 113 Å². The molecule has 0 spiro atoms. The van der Waals surface area contributed by atoms with Gasteiger partial charge in [0.25, 0.3) is 0 Å². The predicted molar refractivity (Wildman–Crippen MR) is 74.7 cm³/mol. The minimum absolute atomic E-state index is 0.424. The lowest BCUT2D eigenvalue weighted by molar-refractivity contribution is 0.297. The Bertz CT molecular complexity index is 582. The largest absolute Gasteiger partial charge is 0.488 e. The monoisotopic (exact) mass is 259 g/mol. The van der Waals surface area contributed by atoms with E-state index in [4.69, 9.17) is 9.84 Å². The first-order valence-corrected chi connectivity index (χ1v) is 7.33. The van der Waals surface area contributed by atoms with Gasteiger partial charge in [-0.1, -0.05) is 13.8 Å². The first kappa shape index (κ1) is 12.5. The van der Waals surface area contributed by atoms with E-state index in [9.17, 15) is 0 Å². The second-order valence-electron chi connectivity index (χ2n) is 5.15. The van der Waals surface area contributed by atoms with Crippen molar-refractivity contribution in [2.75, 3.05) is 0 Å². The molecule has 2 aliphatic rings. The molecular weight excluding hydrogens is 238 g/mol. The van der Waals surface area contributed by atoms with Gasteiger partial charge in [0.1, 0.15) is 11.4 Å². The summed E-state index contributed by atoms with van der Waals surface area (Å²) < 4.78 is 7.88. The molecule has 0 atom stereocenters. The van der Waals surface area contributed by atoms with Crippen molar-refractivity contribution in [3.8, 4) is 5.75 Å². The minimum Gasteiger partial charge on any atom is -0.488 e. The van der Waals surface area contributed by atoms with Gasteiger partial charge in [-0.05, 0) is 32.6 Å². The van der Waals surface area contributed by atoms with Crippen molar-refractivity contribution in [1.29, 1.82) is 0 Å². The fourth-order valence-corrected chi connectivity index (χ4v) is 2.13. The summed E-state index contributed by atoms with van der Waals surface area (Å²) >= 11 is 0. The molecule has 2 fully saturated rings. The van der Waals surface area contributed by atoms with E-state index in [-0.39, 0.29) is 0 Å². The van der Waals surface area contributed by atoms with Gasteiger partial charge < -0.3 is 4.74 Å². The molecule has 4 nitrogen and oxygen atoms in total. The number of nitrogens with zero attached hydrogens (tertiary/aromatic N) is 3. The molecule has 2 heterocycles. The van der Waals surface area contributed by atoms with E-state index in [1.807, 2.05) is 37.5 Å². The van der Waals surface area contributed by atoms with Crippen LogP contribution in [0.5, 0.6) is 5.75 Å². The summed E-state index contributed by atoms with van der Waals surface area (Å²) in [4.78, 5) is 4.35. The van der Waals surface area contributed by atoms with Gasteiger partial charge >= 0.3 is 0 Å². The lowest BCUT2D eigenvalue weighted by atomic mass is 10.2. The second-order valence-corrected chi connectivity index (χ2v) is 5.15. The Kier molecular flexibility index (Phi) is 3.17. The smallest absolute Gasteiger partial charge is 0.157 e. The molecule has 4 heteroatoms. The second kappa shape index (κ2) is 4.83. The van der Waals surface area contributed by atoms with Crippen LogP contribution < -0.4 is 4.74 Å². The van der Waals surface area contributed by atoms with Crippen molar-refractivity contribution in [3.63, 3.8) is 0 Å². The number of imidazole rings is 1. The first-order chi connectivity index (χ1) is 9.31. The Hall–Kier alpha value is -1.58. The van der Waals surface area contributed by atoms with Gasteiger partial charge in [0.15, 0.2) is 5.65 Å². The SMILES string of the molecule is CC.Cc1cnc2cc(OC3CC3)c(C3CC3)nn12. The summed E-state index contributed by atoms with van der Waals surface area (Å²) in [6, 6.07) is 2.05. The maximum atomic E-state index is 5.96. The number of hydrogen-bond acceptors (Lipinski definition) is 3. The number of fused-ring (bicyclic) bond motifs is 1. The van der Waals surface area contributed by atoms with Crippen LogP contribution in [0.4, 0.5) is 0 Å². The highest BCUT2D eigenvalue weighted by molar-refractivity contribution is 5.48. The normalized spacial score (nSPS) is 18.1. The molecule has 0 saturated heterocycles. The van der Waals surface area contributed by atoms with E-state index < -0.39 is 0 Å². The molecule has 0 amide bonds. The molecule has 0 aromatic carbocycles. The molecule has 102 valence electrons. The van der Waals surface area contributed by atoms with E-state index in [1.54, 1.807) is 0 Å². The third-order valence-corrected chi connectivity index (χ3v) is 3.44. The lowest BCUT2D eigenvalue weighted by Gasteiger charge is -2.10. The highest BCUT2D eigenvalue weighted by Gasteiger charge is 2.32. The average molecular weight is 259 g/mol.